The summed E-state index contributed by atoms with van der Waals surface area (Å²) in [5.74, 6) is -0.104. The number of halogens is 2. The second-order valence-electron chi connectivity index (χ2n) is 4.68. The number of hydrogen-bond donors (Lipinski definition) is 2. The quantitative estimate of drug-likeness (QED) is 0.792. The summed E-state index contributed by atoms with van der Waals surface area (Å²) in [5, 5.41) is 6.21. The van der Waals surface area contributed by atoms with E-state index >= 15 is 0 Å². The van der Waals surface area contributed by atoms with Crippen LogP contribution in [0.4, 0.5) is 4.39 Å². The third-order valence-electron chi connectivity index (χ3n) is 3.33. The number of amides is 1. The standard InChI is InChI=1S/C13H16FIN2O/c1-8-4-5-16-7-12(8)17-13(18)9-2-3-11(15)10(14)6-9/h2-3,6,8,12,16H,4-5,7H2,1H3,(H,17,18). The van der Waals surface area contributed by atoms with Gasteiger partial charge in [-0.3, -0.25) is 4.79 Å². The topological polar surface area (TPSA) is 41.1 Å². The lowest BCUT2D eigenvalue weighted by molar-refractivity contribution is 0.0914. The summed E-state index contributed by atoms with van der Waals surface area (Å²) in [5.41, 5.74) is 0.380. The number of carbonyl (C=O) groups excluding carboxylic acids is 1. The predicted molar refractivity (Wildman–Crippen MR) is 77.0 cm³/mol. The Balaban J connectivity index is 2.04. The molecule has 3 nitrogen and oxygen atoms in total. The first-order chi connectivity index (χ1) is 8.58. The maximum atomic E-state index is 13.4. The van der Waals surface area contributed by atoms with Gasteiger partial charge in [0.25, 0.3) is 5.91 Å². The first kappa shape index (κ1) is 13.7. The summed E-state index contributed by atoms with van der Waals surface area (Å²) >= 11 is 1.91. The second kappa shape index (κ2) is 5.97. The number of piperidine rings is 1. The van der Waals surface area contributed by atoms with Crippen LogP contribution in [0.5, 0.6) is 0 Å². The van der Waals surface area contributed by atoms with Gasteiger partial charge in [0, 0.05) is 21.7 Å². The fraction of sp³-hybridized carbons (Fsp3) is 0.462. The molecule has 0 aliphatic carbocycles. The molecule has 0 saturated carbocycles. The smallest absolute Gasteiger partial charge is 0.251 e. The summed E-state index contributed by atoms with van der Waals surface area (Å²) in [6, 6.07) is 4.68. The largest absolute Gasteiger partial charge is 0.348 e. The van der Waals surface area contributed by atoms with Gasteiger partial charge in [-0.2, -0.15) is 0 Å². The van der Waals surface area contributed by atoms with Crippen LogP contribution >= 0.6 is 22.6 Å². The molecule has 18 heavy (non-hydrogen) atoms. The molecule has 5 heteroatoms. The Kier molecular flexibility index (Phi) is 4.55. The number of hydrogen-bond acceptors (Lipinski definition) is 2. The molecule has 0 bridgehead atoms. The Bertz CT molecular complexity index is 453. The van der Waals surface area contributed by atoms with Gasteiger partial charge < -0.3 is 10.6 Å². The van der Waals surface area contributed by atoms with E-state index in [1.807, 2.05) is 22.6 Å². The van der Waals surface area contributed by atoms with Gasteiger partial charge in [-0.1, -0.05) is 6.92 Å². The summed E-state index contributed by atoms with van der Waals surface area (Å²) in [4.78, 5) is 12.0. The van der Waals surface area contributed by atoms with Gasteiger partial charge in [-0.05, 0) is 59.7 Å². The van der Waals surface area contributed by atoms with Crippen molar-refractivity contribution in [2.75, 3.05) is 13.1 Å². The lowest BCUT2D eigenvalue weighted by Crippen LogP contribution is -2.50. The highest BCUT2D eigenvalue weighted by Gasteiger charge is 2.23. The lowest BCUT2D eigenvalue weighted by Gasteiger charge is -2.30. The average Bonchev–Trinajstić information content (AvgIpc) is 2.35. The normalized spacial score (nSPS) is 23.7. The third kappa shape index (κ3) is 3.20. The molecule has 2 rings (SSSR count). The van der Waals surface area contributed by atoms with Gasteiger partial charge in [0.05, 0.1) is 0 Å². The molecule has 0 spiro atoms. The molecule has 1 amide bonds. The molecule has 2 N–H and O–H groups in total. The van der Waals surface area contributed by atoms with E-state index in [0.29, 0.717) is 15.1 Å². The minimum absolute atomic E-state index is 0.119. The molecule has 1 aliphatic heterocycles. The summed E-state index contributed by atoms with van der Waals surface area (Å²) in [7, 11) is 0. The van der Waals surface area contributed by atoms with Crippen molar-refractivity contribution in [2.45, 2.75) is 19.4 Å². The van der Waals surface area contributed by atoms with Crippen molar-refractivity contribution in [1.29, 1.82) is 0 Å². The van der Waals surface area contributed by atoms with E-state index in [0.717, 1.165) is 19.5 Å². The van der Waals surface area contributed by atoms with Crippen molar-refractivity contribution in [1.82, 2.24) is 10.6 Å². The van der Waals surface area contributed by atoms with Crippen LogP contribution in [-0.2, 0) is 0 Å². The van der Waals surface area contributed by atoms with Gasteiger partial charge in [-0.25, -0.2) is 4.39 Å². The van der Waals surface area contributed by atoms with Crippen molar-refractivity contribution >= 4 is 28.5 Å². The van der Waals surface area contributed by atoms with Crippen LogP contribution in [0, 0.1) is 15.3 Å². The van der Waals surface area contributed by atoms with Gasteiger partial charge in [0.15, 0.2) is 0 Å². The molecule has 98 valence electrons. The highest BCUT2D eigenvalue weighted by atomic mass is 127. The van der Waals surface area contributed by atoms with Crippen molar-refractivity contribution in [3.8, 4) is 0 Å². The van der Waals surface area contributed by atoms with E-state index in [1.54, 1.807) is 12.1 Å². The third-order valence-corrected chi connectivity index (χ3v) is 4.20. The van der Waals surface area contributed by atoms with Crippen LogP contribution in [0.1, 0.15) is 23.7 Å². The van der Waals surface area contributed by atoms with Crippen LogP contribution in [0.3, 0.4) is 0 Å². The Labute approximate surface area is 120 Å². The van der Waals surface area contributed by atoms with Crippen molar-refractivity contribution in [3.05, 3.63) is 33.1 Å². The van der Waals surface area contributed by atoms with Gasteiger partial charge in [0.1, 0.15) is 5.82 Å². The second-order valence-corrected chi connectivity index (χ2v) is 5.84. The SMILES string of the molecule is CC1CCNCC1NC(=O)c1ccc(I)c(F)c1. The van der Waals surface area contributed by atoms with Crippen LogP contribution < -0.4 is 10.6 Å². The fourth-order valence-corrected chi connectivity index (χ4v) is 2.41. The maximum absolute atomic E-state index is 13.4. The zero-order valence-corrected chi connectivity index (χ0v) is 12.3. The molecule has 2 atom stereocenters. The molecule has 1 fully saturated rings. The first-order valence-electron chi connectivity index (χ1n) is 6.04. The van der Waals surface area contributed by atoms with Gasteiger partial charge in [0.2, 0.25) is 0 Å². The molecule has 1 heterocycles. The number of nitrogens with one attached hydrogen (secondary N) is 2. The molecule has 1 saturated heterocycles. The molecular weight excluding hydrogens is 346 g/mol. The number of carbonyl (C=O) groups is 1. The van der Waals surface area contributed by atoms with E-state index in [9.17, 15) is 9.18 Å². The average molecular weight is 362 g/mol. The Morgan fingerprint density at radius 3 is 3.00 bits per heavy atom. The van der Waals surface area contributed by atoms with E-state index in [4.69, 9.17) is 0 Å². The van der Waals surface area contributed by atoms with Crippen molar-refractivity contribution in [3.63, 3.8) is 0 Å². The summed E-state index contributed by atoms with van der Waals surface area (Å²) in [6.07, 6.45) is 1.05. The summed E-state index contributed by atoms with van der Waals surface area (Å²) in [6.45, 7) is 3.89. The Morgan fingerprint density at radius 2 is 2.33 bits per heavy atom. The van der Waals surface area contributed by atoms with E-state index < -0.39 is 0 Å². The lowest BCUT2D eigenvalue weighted by atomic mass is 9.94. The van der Waals surface area contributed by atoms with Crippen LogP contribution in [0.15, 0.2) is 18.2 Å². The van der Waals surface area contributed by atoms with Crippen LogP contribution in [-0.4, -0.2) is 25.0 Å². The van der Waals surface area contributed by atoms with Gasteiger partial charge >= 0.3 is 0 Å². The molecule has 0 radical (unpaired) electrons. The molecule has 1 aliphatic rings. The Hall–Kier alpha value is -0.690. The first-order valence-corrected chi connectivity index (χ1v) is 7.12. The van der Waals surface area contributed by atoms with Crippen LogP contribution in [0.25, 0.3) is 0 Å². The van der Waals surface area contributed by atoms with E-state index in [1.165, 1.54) is 6.07 Å². The minimum Gasteiger partial charge on any atom is -0.348 e. The van der Waals surface area contributed by atoms with Crippen molar-refractivity contribution in [2.24, 2.45) is 5.92 Å². The monoisotopic (exact) mass is 362 g/mol. The fourth-order valence-electron chi connectivity index (χ4n) is 2.07. The number of benzene rings is 1. The van der Waals surface area contributed by atoms with Gasteiger partial charge in [-0.15, -0.1) is 0 Å². The minimum atomic E-state index is -0.349. The number of rotatable bonds is 2. The molecule has 1 aromatic rings. The highest BCUT2D eigenvalue weighted by molar-refractivity contribution is 14.1. The molecule has 2 unspecified atom stereocenters. The molecule has 1 aromatic carbocycles. The highest BCUT2D eigenvalue weighted by Crippen LogP contribution is 2.15. The molecular formula is C13H16FIN2O. The van der Waals surface area contributed by atoms with E-state index in [2.05, 4.69) is 17.6 Å². The van der Waals surface area contributed by atoms with Crippen molar-refractivity contribution < 1.29 is 9.18 Å². The van der Waals surface area contributed by atoms with E-state index in [-0.39, 0.29) is 17.8 Å². The zero-order valence-electron chi connectivity index (χ0n) is 10.2. The zero-order chi connectivity index (χ0) is 13.1. The summed E-state index contributed by atoms with van der Waals surface area (Å²) < 4.78 is 13.9. The van der Waals surface area contributed by atoms with Crippen LogP contribution in [0.2, 0.25) is 0 Å². The predicted octanol–water partition coefficient (Wildman–Crippen LogP) is 2.16. The Morgan fingerprint density at radius 1 is 1.56 bits per heavy atom. The molecule has 0 aromatic heterocycles. The maximum Gasteiger partial charge on any atom is 0.251 e.